The van der Waals surface area contributed by atoms with Crippen LogP contribution in [0.4, 0.5) is 0 Å². The molecule has 0 heterocycles. The zero-order valence-corrected chi connectivity index (χ0v) is 13.1. The van der Waals surface area contributed by atoms with Gasteiger partial charge in [0.25, 0.3) is 0 Å². The summed E-state index contributed by atoms with van der Waals surface area (Å²) in [5.41, 5.74) is 1.99. The molecule has 0 N–H and O–H groups in total. The highest BCUT2D eigenvalue weighted by Crippen LogP contribution is 2.21. The van der Waals surface area contributed by atoms with Gasteiger partial charge in [-0.25, -0.2) is 8.42 Å². The number of hydrogen-bond acceptors (Lipinski definition) is 2. The molecule has 2 rings (SSSR count). The summed E-state index contributed by atoms with van der Waals surface area (Å²) in [7, 11) is -3.35. The second kappa shape index (κ2) is 5.98. The smallest absolute Gasteiger partial charge is 0.182 e. The average Bonchev–Trinajstić information content (AvgIpc) is 2.39. The molecule has 2 nitrogen and oxygen atoms in total. The van der Waals surface area contributed by atoms with Crippen LogP contribution in [0.25, 0.3) is 0 Å². The summed E-state index contributed by atoms with van der Waals surface area (Å²) < 4.78 is 24.6. The normalized spacial score (nSPS) is 11.8. The van der Waals surface area contributed by atoms with Gasteiger partial charge in [0, 0.05) is 5.02 Å². The molecule has 0 atom stereocenters. The fraction of sp³-hybridized carbons (Fsp3) is 0.250. The first-order valence-electron chi connectivity index (χ1n) is 6.45. The van der Waals surface area contributed by atoms with Crippen LogP contribution in [0.15, 0.2) is 53.4 Å². The number of benzene rings is 2. The minimum absolute atomic E-state index is 0.00822. The van der Waals surface area contributed by atoms with E-state index in [4.69, 9.17) is 11.6 Å². The summed E-state index contributed by atoms with van der Waals surface area (Å²) in [6.07, 6.45) is 0. The van der Waals surface area contributed by atoms with Crippen LogP contribution in [-0.4, -0.2) is 8.42 Å². The summed E-state index contributed by atoms with van der Waals surface area (Å²) in [4.78, 5) is 0.262. The Morgan fingerprint density at radius 2 is 1.70 bits per heavy atom. The van der Waals surface area contributed by atoms with E-state index in [-0.39, 0.29) is 10.6 Å². The molecule has 0 fully saturated rings. The maximum absolute atomic E-state index is 12.3. The highest BCUT2D eigenvalue weighted by Gasteiger charge is 2.15. The molecule has 20 heavy (non-hydrogen) atoms. The molecule has 4 heteroatoms. The van der Waals surface area contributed by atoms with Gasteiger partial charge in [-0.1, -0.05) is 55.8 Å². The summed E-state index contributed by atoms with van der Waals surface area (Å²) >= 11 is 5.85. The number of sulfone groups is 1. The summed E-state index contributed by atoms with van der Waals surface area (Å²) in [5, 5.41) is 0.432. The molecule has 106 valence electrons. The topological polar surface area (TPSA) is 34.1 Å². The minimum atomic E-state index is -3.35. The van der Waals surface area contributed by atoms with Crippen molar-refractivity contribution >= 4 is 21.4 Å². The van der Waals surface area contributed by atoms with Crippen molar-refractivity contribution < 1.29 is 8.42 Å². The molecule has 0 saturated heterocycles. The Morgan fingerprint density at radius 3 is 2.25 bits per heavy atom. The average molecular weight is 309 g/mol. The Morgan fingerprint density at radius 1 is 1.05 bits per heavy atom. The van der Waals surface area contributed by atoms with Crippen molar-refractivity contribution in [1.29, 1.82) is 0 Å². The van der Waals surface area contributed by atoms with Crippen LogP contribution in [0.1, 0.15) is 30.9 Å². The molecule has 0 spiro atoms. The zero-order chi connectivity index (χ0) is 14.8. The Labute approximate surface area is 125 Å². The van der Waals surface area contributed by atoms with Crippen molar-refractivity contribution in [3.63, 3.8) is 0 Å². The fourth-order valence-electron chi connectivity index (χ4n) is 1.96. The van der Waals surface area contributed by atoms with Gasteiger partial charge in [-0.05, 0) is 35.2 Å². The van der Waals surface area contributed by atoms with Crippen molar-refractivity contribution in [2.24, 2.45) is 0 Å². The Kier molecular flexibility index (Phi) is 4.51. The van der Waals surface area contributed by atoms with E-state index in [1.54, 1.807) is 18.2 Å². The first kappa shape index (κ1) is 15.1. The van der Waals surface area contributed by atoms with Crippen molar-refractivity contribution in [1.82, 2.24) is 0 Å². The van der Waals surface area contributed by atoms with Gasteiger partial charge in [-0.2, -0.15) is 0 Å². The van der Waals surface area contributed by atoms with Crippen LogP contribution in [0.5, 0.6) is 0 Å². The summed E-state index contributed by atoms with van der Waals surface area (Å²) in [5.74, 6) is 0.430. The molecule has 0 aliphatic heterocycles. The predicted octanol–water partition coefficient (Wildman–Crippen LogP) is 4.44. The molecule has 0 saturated carbocycles. The van der Waals surface area contributed by atoms with E-state index < -0.39 is 9.84 Å². The van der Waals surface area contributed by atoms with E-state index in [2.05, 4.69) is 13.8 Å². The SMILES string of the molecule is CC(C)c1ccc(CS(=O)(=O)c2cccc(Cl)c2)cc1. The van der Waals surface area contributed by atoms with E-state index in [1.807, 2.05) is 24.3 Å². The first-order valence-corrected chi connectivity index (χ1v) is 8.49. The molecule has 0 aromatic heterocycles. The van der Waals surface area contributed by atoms with Crippen LogP contribution < -0.4 is 0 Å². The summed E-state index contributed by atoms with van der Waals surface area (Å²) in [6.45, 7) is 4.22. The quantitative estimate of drug-likeness (QED) is 0.837. The molecule has 0 amide bonds. The van der Waals surface area contributed by atoms with E-state index in [1.165, 1.54) is 11.6 Å². The van der Waals surface area contributed by atoms with Crippen LogP contribution >= 0.6 is 11.6 Å². The monoisotopic (exact) mass is 308 g/mol. The molecule has 0 aliphatic carbocycles. The van der Waals surface area contributed by atoms with Crippen LogP contribution in [-0.2, 0) is 15.6 Å². The van der Waals surface area contributed by atoms with Gasteiger partial charge >= 0.3 is 0 Å². The molecular weight excluding hydrogens is 292 g/mol. The lowest BCUT2D eigenvalue weighted by molar-refractivity contribution is 0.595. The third kappa shape index (κ3) is 3.62. The van der Waals surface area contributed by atoms with Crippen molar-refractivity contribution in [3.05, 3.63) is 64.7 Å². The largest absolute Gasteiger partial charge is 0.223 e. The van der Waals surface area contributed by atoms with Gasteiger partial charge in [0.2, 0.25) is 0 Å². The lowest BCUT2D eigenvalue weighted by Crippen LogP contribution is -2.05. The van der Waals surface area contributed by atoms with Gasteiger partial charge < -0.3 is 0 Å². The third-order valence-electron chi connectivity index (χ3n) is 3.16. The second-order valence-corrected chi connectivity index (χ2v) is 7.54. The maximum Gasteiger partial charge on any atom is 0.182 e. The second-order valence-electron chi connectivity index (χ2n) is 5.11. The fourth-order valence-corrected chi connectivity index (χ4v) is 3.61. The Balaban J connectivity index is 2.24. The lowest BCUT2D eigenvalue weighted by Gasteiger charge is -2.08. The number of rotatable bonds is 4. The Hall–Kier alpha value is -1.32. The third-order valence-corrected chi connectivity index (χ3v) is 5.08. The lowest BCUT2D eigenvalue weighted by atomic mass is 10.0. The molecule has 0 unspecified atom stereocenters. The standard InChI is InChI=1S/C16H17ClO2S/c1-12(2)14-8-6-13(7-9-14)11-20(18,19)16-5-3-4-15(17)10-16/h3-10,12H,11H2,1-2H3. The maximum atomic E-state index is 12.3. The number of halogens is 1. The van der Waals surface area contributed by atoms with Crippen molar-refractivity contribution in [2.45, 2.75) is 30.4 Å². The Bertz CT molecular complexity index is 689. The highest BCUT2D eigenvalue weighted by molar-refractivity contribution is 7.90. The van der Waals surface area contributed by atoms with Crippen molar-refractivity contribution in [3.8, 4) is 0 Å². The minimum Gasteiger partial charge on any atom is -0.223 e. The predicted molar refractivity (Wildman–Crippen MR) is 82.9 cm³/mol. The number of hydrogen-bond donors (Lipinski definition) is 0. The molecule has 0 radical (unpaired) electrons. The van der Waals surface area contributed by atoms with Crippen LogP contribution in [0, 0.1) is 0 Å². The van der Waals surface area contributed by atoms with Gasteiger partial charge in [-0.3, -0.25) is 0 Å². The molecule has 0 aliphatic rings. The molecule has 0 bridgehead atoms. The zero-order valence-electron chi connectivity index (χ0n) is 11.5. The molecular formula is C16H17ClO2S. The summed E-state index contributed by atoms with van der Waals surface area (Å²) in [6, 6.07) is 14.1. The van der Waals surface area contributed by atoms with E-state index in [0.717, 1.165) is 5.56 Å². The van der Waals surface area contributed by atoms with Gasteiger partial charge in [0.15, 0.2) is 9.84 Å². The van der Waals surface area contributed by atoms with E-state index >= 15 is 0 Å². The van der Waals surface area contributed by atoms with Crippen LogP contribution in [0.2, 0.25) is 5.02 Å². The van der Waals surface area contributed by atoms with Gasteiger partial charge in [-0.15, -0.1) is 0 Å². The molecule has 2 aromatic rings. The van der Waals surface area contributed by atoms with E-state index in [9.17, 15) is 8.42 Å². The first-order chi connectivity index (χ1) is 9.38. The highest BCUT2D eigenvalue weighted by atomic mass is 35.5. The van der Waals surface area contributed by atoms with Gasteiger partial charge in [0.1, 0.15) is 0 Å². The van der Waals surface area contributed by atoms with Crippen molar-refractivity contribution in [2.75, 3.05) is 0 Å². The van der Waals surface area contributed by atoms with Gasteiger partial charge in [0.05, 0.1) is 10.6 Å². The van der Waals surface area contributed by atoms with Crippen LogP contribution in [0.3, 0.4) is 0 Å². The van der Waals surface area contributed by atoms with E-state index in [0.29, 0.717) is 10.9 Å². The molecule has 2 aromatic carbocycles.